The Hall–Kier alpha value is -0.990. The summed E-state index contributed by atoms with van der Waals surface area (Å²) in [7, 11) is 1.63. The monoisotopic (exact) mass is 197 g/mol. The van der Waals surface area contributed by atoms with Gasteiger partial charge in [0, 0.05) is 17.1 Å². The Bertz CT molecular complexity index is 310. The summed E-state index contributed by atoms with van der Waals surface area (Å²) in [5.74, 6) is 0.800. The molecule has 0 fully saturated rings. The van der Waals surface area contributed by atoms with Crippen molar-refractivity contribution in [3.05, 3.63) is 34.9 Å². The van der Waals surface area contributed by atoms with Crippen LogP contribution in [0.3, 0.4) is 0 Å². The van der Waals surface area contributed by atoms with E-state index in [9.17, 15) is 0 Å². The van der Waals surface area contributed by atoms with Crippen LogP contribution in [0.25, 0.3) is 6.08 Å². The average Bonchev–Trinajstić information content (AvgIpc) is 2.15. The first-order valence-corrected chi connectivity index (χ1v) is 4.36. The summed E-state index contributed by atoms with van der Waals surface area (Å²) in [5.41, 5.74) is 6.29. The summed E-state index contributed by atoms with van der Waals surface area (Å²) in [6.45, 7) is 0.510. The third kappa shape index (κ3) is 2.76. The van der Waals surface area contributed by atoms with Crippen LogP contribution in [0.1, 0.15) is 5.56 Å². The van der Waals surface area contributed by atoms with Crippen molar-refractivity contribution >= 4 is 17.7 Å². The topological polar surface area (TPSA) is 35.2 Å². The number of benzene rings is 1. The lowest BCUT2D eigenvalue weighted by atomic mass is 10.2. The minimum atomic E-state index is 0.510. The van der Waals surface area contributed by atoms with Gasteiger partial charge in [-0.05, 0) is 18.2 Å². The van der Waals surface area contributed by atoms with Crippen molar-refractivity contribution in [1.29, 1.82) is 0 Å². The van der Waals surface area contributed by atoms with Gasteiger partial charge in [-0.3, -0.25) is 0 Å². The molecule has 0 saturated heterocycles. The molecule has 0 saturated carbocycles. The van der Waals surface area contributed by atoms with Gasteiger partial charge in [-0.15, -0.1) is 0 Å². The van der Waals surface area contributed by atoms with Crippen LogP contribution in [0.4, 0.5) is 0 Å². The van der Waals surface area contributed by atoms with E-state index >= 15 is 0 Å². The van der Waals surface area contributed by atoms with Crippen LogP contribution in [-0.4, -0.2) is 13.7 Å². The van der Waals surface area contributed by atoms with Crippen LogP contribution in [0.5, 0.6) is 5.75 Å². The molecule has 0 amide bonds. The van der Waals surface area contributed by atoms with Gasteiger partial charge in [-0.1, -0.05) is 23.8 Å². The molecular formula is C10H12ClNO. The average molecular weight is 198 g/mol. The highest BCUT2D eigenvalue weighted by Crippen LogP contribution is 2.23. The molecule has 13 heavy (non-hydrogen) atoms. The summed E-state index contributed by atoms with van der Waals surface area (Å²) in [6, 6.07) is 5.46. The smallest absolute Gasteiger partial charge is 0.126 e. The van der Waals surface area contributed by atoms with Gasteiger partial charge in [-0.2, -0.15) is 0 Å². The summed E-state index contributed by atoms with van der Waals surface area (Å²) in [4.78, 5) is 0. The first-order valence-electron chi connectivity index (χ1n) is 3.98. The van der Waals surface area contributed by atoms with E-state index in [1.165, 1.54) is 0 Å². The number of hydrogen-bond donors (Lipinski definition) is 1. The van der Waals surface area contributed by atoms with Gasteiger partial charge in [0.25, 0.3) is 0 Å². The molecule has 0 unspecified atom stereocenters. The Kier molecular flexibility index (Phi) is 3.80. The lowest BCUT2D eigenvalue weighted by Crippen LogP contribution is -1.92. The molecule has 0 heterocycles. The fourth-order valence-electron chi connectivity index (χ4n) is 1.03. The third-order valence-corrected chi connectivity index (χ3v) is 1.86. The first-order chi connectivity index (χ1) is 6.27. The number of nitrogens with two attached hydrogens (primary N) is 1. The van der Waals surface area contributed by atoms with E-state index in [-0.39, 0.29) is 0 Å². The van der Waals surface area contributed by atoms with E-state index in [0.717, 1.165) is 11.3 Å². The van der Waals surface area contributed by atoms with Crippen molar-refractivity contribution < 1.29 is 4.74 Å². The summed E-state index contributed by atoms with van der Waals surface area (Å²) < 4.78 is 5.15. The highest BCUT2D eigenvalue weighted by atomic mass is 35.5. The molecule has 0 atom stereocenters. The van der Waals surface area contributed by atoms with E-state index in [1.807, 2.05) is 24.3 Å². The van der Waals surface area contributed by atoms with Crippen molar-refractivity contribution in [1.82, 2.24) is 0 Å². The van der Waals surface area contributed by atoms with Crippen molar-refractivity contribution in [3.8, 4) is 5.75 Å². The maximum Gasteiger partial charge on any atom is 0.126 e. The minimum absolute atomic E-state index is 0.510. The molecule has 70 valence electrons. The zero-order chi connectivity index (χ0) is 9.68. The SMILES string of the molecule is COc1ccc(Cl)cc1/C=C/CN. The van der Waals surface area contributed by atoms with Gasteiger partial charge in [-0.25, -0.2) is 0 Å². The molecule has 2 nitrogen and oxygen atoms in total. The van der Waals surface area contributed by atoms with Crippen LogP contribution in [0.2, 0.25) is 5.02 Å². The second-order valence-corrected chi connectivity index (χ2v) is 2.96. The zero-order valence-corrected chi connectivity index (χ0v) is 8.21. The van der Waals surface area contributed by atoms with E-state index in [2.05, 4.69) is 0 Å². The van der Waals surface area contributed by atoms with Gasteiger partial charge in [0.05, 0.1) is 7.11 Å². The Labute approximate surface area is 83.0 Å². The van der Waals surface area contributed by atoms with Crippen LogP contribution < -0.4 is 10.5 Å². The number of halogens is 1. The van der Waals surface area contributed by atoms with Gasteiger partial charge < -0.3 is 10.5 Å². The highest BCUT2D eigenvalue weighted by Gasteiger charge is 1.98. The fourth-order valence-corrected chi connectivity index (χ4v) is 1.21. The standard InChI is InChI=1S/C10H12ClNO/c1-13-10-5-4-9(11)7-8(10)3-2-6-12/h2-5,7H,6,12H2,1H3/b3-2+. The number of ether oxygens (including phenoxy) is 1. The molecule has 3 heteroatoms. The third-order valence-electron chi connectivity index (χ3n) is 1.63. The second kappa shape index (κ2) is 4.90. The summed E-state index contributed by atoms with van der Waals surface area (Å²) in [6.07, 6.45) is 3.75. The molecule has 0 radical (unpaired) electrons. The number of hydrogen-bond acceptors (Lipinski definition) is 2. The van der Waals surface area contributed by atoms with E-state index < -0.39 is 0 Å². The van der Waals surface area contributed by atoms with Gasteiger partial charge in [0.15, 0.2) is 0 Å². The summed E-state index contributed by atoms with van der Waals surface area (Å²) in [5, 5.41) is 0.692. The van der Waals surface area contributed by atoms with Crippen molar-refractivity contribution in [2.24, 2.45) is 5.73 Å². The largest absolute Gasteiger partial charge is 0.496 e. The number of rotatable bonds is 3. The van der Waals surface area contributed by atoms with Crippen LogP contribution in [0.15, 0.2) is 24.3 Å². The Morgan fingerprint density at radius 2 is 2.31 bits per heavy atom. The molecule has 0 bridgehead atoms. The molecule has 1 aromatic rings. The van der Waals surface area contributed by atoms with Crippen molar-refractivity contribution in [2.75, 3.05) is 13.7 Å². The zero-order valence-electron chi connectivity index (χ0n) is 7.46. The highest BCUT2D eigenvalue weighted by molar-refractivity contribution is 6.30. The van der Waals surface area contributed by atoms with Gasteiger partial charge in [0.1, 0.15) is 5.75 Å². The van der Waals surface area contributed by atoms with E-state index in [4.69, 9.17) is 22.1 Å². The molecule has 1 rings (SSSR count). The number of methoxy groups -OCH3 is 1. The van der Waals surface area contributed by atoms with Crippen molar-refractivity contribution in [2.45, 2.75) is 0 Å². The molecule has 0 aliphatic heterocycles. The second-order valence-electron chi connectivity index (χ2n) is 2.52. The fraction of sp³-hybridized carbons (Fsp3) is 0.200. The van der Waals surface area contributed by atoms with Crippen LogP contribution in [-0.2, 0) is 0 Å². The quantitative estimate of drug-likeness (QED) is 0.807. The maximum atomic E-state index is 5.83. The Balaban J connectivity index is 3.01. The first kappa shape index (κ1) is 10.1. The molecule has 0 aromatic heterocycles. The lowest BCUT2D eigenvalue weighted by Gasteiger charge is -2.04. The molecule has 0 spiro atoms. The van der Waals surface area contributed by atoms with Crippen LogP contribution in [0, 0.1) is 0 Å². The predicted octanol–water partition coefficient (Wildman–Crippen LogP) is 2.32. The van der Waals surface area contributed by atoms with Crippen LogP contribution >= 0.6 is 11.6 Å². The molecular weight excluding hydrogens is 186 g/mol. The summed E-state index contributed by atoms with van der Waals surface area (Å²) >= 11 is 5.83. The van der Waals surface area contributed by atoms with Crippen molar-refractivity contribution in [3.63, 3.8) is 0 Å². The predicted molar refractivity (Wildman–Crippen MR) is 56.1 cm³/mol. The lowest BCUT2D eigenvalue weighted by molar-refractivity contribution is 0.414. The Morgan fingerprint density at radius 1 is 1.54 bits per heavy atom. The van der Waals surface area contributed by atoms with Gasteiger partial charge >= 0.3 is 0 Å². The Morgan fingerprint density at radius 3 is 2.92 bits per heavy atom. The molecule has 2 N–H and O–H groups in total. The van der Waals surface area contributed by atoms with E-state index in [1.54, 1.807) is 13.2 Å². The molecule has 0 aliphatic carbocycles. The maximum absolute atomic E-state index is 5.83. The molecule has 1 aromatic carbocycles. The molecule has 0 aliphatic rings. The van der Waals surface area contributed by atoms with E-state index in [0.29, 0.717) is 11.6 Å². The van der Waals surface area contributed by atoms with Gasteiger partial charge in [0.2, 0.25) is 0 Å². The normalized spacial score (nSPS) is 10.7. The minimum Gasteiger partial charge on any atom is -0.496 e.